The van der Waals surface area contributed by atoms with Crippen LogP contribution >= 0.6 is 11.6 Å². The zero-order chi connectivity index (χ0) is 13.0. The van der Waals surface area contributed by atoms with Crippen LogP contribution < -0.4 is 10.6 Å². The molecule has 5 heteroatoms. The van der Waals surface area contributed by atoms with E-state index in [0.29, 0.717) is 17.1 Å². The van der Waals surface area contributed by atoms with E-state index >= 15 is 0 Å². The first-order valence-corrected chi connectivity index (χ1v) is 5.96. The summed E-state index contributed by atoms with van der Waals surface area (Å²) in [5, 5.41) is 6.23. The normalized spacial score (nSPS) is 10.1. The lowest BCUT2D eigenvalue weighted by molar-refractivity contribution is 0.0963. The minimum absolute atomic E-state index is 0.191. The maximum absolute atomic E-state index is 11.6. The van der Waals surface area contributed by atoms with Crippen molar-refractivity contribution in [1.29, 1.82) is 0 Å². The Bertz CT molecular complexity index is 537. The number of carbonyl (C=O) groups excluding carboxylic acids is 1. The van der Waals surface area contributed by atoms with Crippen LogP contribution in [0.3, 0.4) is 0 Å². The summed E-state index contributed by atoms with van der Waals surface area (Å²) in [6, 6.07) is 9.22. The van der Waals surface area contributed by atoms with E-state index < -0.39 is 0 Å². The monoisotopic (exact) mass is 263 g/mol. The molecule has 0 aliphatic rings. The number of benzene rings is 1. The van der Waals surface area contributed by atoms with Gasteiger partial charge in [-0.15, -0.1) is 0 Å². The molecule has 1 aromatic heterocycles. The number of amides is 1. The molecule has 4 nitrogen and oxygen atoms in total. The van der Waals surface area contributed by atoms with E-state index in [1.54, 1.807) is 19.2 Å². The Morgan fingerprint density at radius 2 is 2.22 bits per heavy atom. The molecule has 1 heterocycles. The number of aromatic amines is 1. The van der Waals surface area contributed by atoms with E-state index in [-0.39, 0.29) is 5.91 Å². The maximum atomic E-state index is 11.6. The molecule has 1 aromatic carbocycles. The molecular formula is C13H14ClN3O. The van der Waals surface area contributed by atoms with Crippen molar-refractivity contribution in [3.63, 3.8) is 0 Å². The number of carbonyl (C=O) groups is 1. The first-order chi connectivity index (χ1) is 8.70. The van der Waals surface area contributed by atoms with E-state index in [1.807, 2.05) is 24.4 Å². The smallest absolute Gasteiger partial charge is 0.252 e. The van der Waals surface area contributed by atoms with Gasteiger partial charge in [0.05, 0.1) is 17.1 Å². The van der Waals surface area contributed by atoms with Crippen molar-refractivity contribution in [3.05, 3.63) is 52.8 Å². The Morgan fingerprint density at radius 3 is 2.89 bits per heavy atom. The predicted molar refractivity (Wildman–Crippen MR) is 73.0 cm³/mol. The summed E-state index contributed by atoms with van der Waals surface area (Å²) in [6.07, 6.45) is 1.87. The molecule has 18 heavy (non-hydrogen) atoms. The molecule has 3 N–H and O–H groups in total. The second-order valence-corrected chi connectivity index (χ2v) is 4.23. The van der Waals surface area contributed by atoms with Gasteiger partial charge < -0.3 is 15.6 Å². The second kappa shape index (κ2) is 5.60. The number of rotatable bonds is 4. The fourth-order valence-corrected chi connectivity index (χ4v) is 1.82. The van der Waals surface area contributed by atoms with Crippen molar-refractivity contribution in [2.24, 2.45) is 0 Å². The second-order valence-electron chi connectivity index (χ2n) is 3.82. The third-order valence-electron chi connectivity index (χ3n) is 2.58. The zero-order valence-electron chi connectivity index (χ0n) is 9.96. The topological polar surface area (TPSA) is 56.9 Å². The number of hydrogen-bond acceptors (Lipinski definition) is 2. The Kier molecular flexibility index (Phi) is 3.89. The SMILES string of the molecule is CNC(=O)c1cc(NCc2ccc[nH]2)ccc1Cl. The van der Waals surface area contributed by atoms with E-state index in [1.165, 1.54) is 0 Å². The van der Waals surface area contributed by atoms with E-state index in [0.717, 1.165) is 11.4 Å². The largest absolute Gasteiger partial charge is 0.379 e. The van der Waals surface area contributed by atoms with Crippen LogP contribution in [0.25, 0.3) is 0 Å². The molecule has 2 aromatic rings. The molecule has 0 unspecified atom stereocenters. The average Bonchev–Trinajstić information content (AvgIpc) is 2.90. The van der Waals surface area contributed by atoms with Crippen LogP contribution in [0, 0.1) is 0 Å². The number of anilines is 1. The summed E-state index contributed by atoms with van der Waals surface area (Å²) in [7, 11) is 1.58. The summed E-state index contributed by atoms with van der Waals surface area (Å²) in [5.74, 6) is -0.191. The molecule has 94 valence electrons. The molecule has 0 atom stereocenters. The Morgan fingerprint density at radius 1 is 1.39 bits per heavy atom. The van der Waals surface area contributed by atoms with Gasteiger partial charge in [-0.25, -0.2) is 0 Å². The minimum atomic E-state index is -0.191. The summed E-state index contributed by atoms with van der Waals surface area (Å²) in [5.41, 5.74) is 2.40. The van der Waals surface area contributed by atoms with Crippen molar-refractivity contribution < 1.29 is 4.79 Å². The van der Waals surface area contributed by atoms with Gasteiger partial charge in [-0.2, -0.15) is 0 Å². The quantitative estimate of drug-likeness (QED) is 0.794. The third kappa shape index (κ3) is 2.84. The van der Waals surface area contributed by atoms with Gasteiger partial charge in [-0.1, -0.05) is 11.6 Å². The van der Waals surface area contributed by atoms with Gasteiger partial charge in [-0.05, 0) is 30.3 Å². The highest BCUT2D eigenvalue weighted by Gasteiger charge is 2.09. The average molecular weight is 264 g/mol. The van der Waals surface area contributed by atoms with Gasteiger partial charge in [0.2, 0.25) is 0 Å². The van der Waals surface area contributed by atoms with Crippen LogP contribution in [0.5, 0.6) is 0 Å². The van der Waals surface area contributed by atoms with Crippen molar-refractivity contribution in [1.82, 2.24) is 10.3 Å². The van der Waals surface area contributed by atoms with Crippen LogP contribution in [0.2, 0.25) is 5.02 Å². The lowest BCUT2D eigenvalue weighted by atomic mass is 10.2. The Balaban J connectivity index is 2.12. The number of hydrogen-bond donors (Lipinski definition) is 3. The number of aromatic nitrogens is 1. The van der Waals surface area contributed by atoms with E-state index in [2.05, 4.69) is 15.6 Å². The van der Waals surface area contributed by atoms with E-state index in [4.69, 9.17) is 11.6 Å². The highest BCUT2D eigenvalue weighted by molar-refractivity contribution is 6.34. The van der Waals surface area contributed by atoms with Gasteiger partial charge in [-0.3, -0.25) is 4.79 Å². The predicted octanol–water partition coefficient (Wildman–Crippen LogP) is 2.64. The Labute approximate surface area is 110 Å². The standard InChI is InChI=1S/C13H14ClN3O/c1-15-13(18)11-7-9(4-5-12(11)14)17-8-10-3-2-6-16-10/h2-7,16-17H,8H2,1H3,(H,15,18). The van der Waals surface area contributed by atoms with Crippen LogP contribution in [0.15, 0.2) is 36.5 Å². The highest BCUT2D eigenvalue weighted by Crippen LogP contribution is 2.20. The van der Waals surface area contributed by atoms with Gasteiger partial charge in [0, 0.05) is 24.6 Å². The van der Waals surface area contributed by atoms with Gasteiger partial charge in [0.25, 0.3) is 5.91 Å². The molecule has 0 aliphatic carbocycles. The van der Waals surface area contributed by atoms with Crippen molar-refractivity contribution in [3.8, 4) is 0 Å². The summed E-state index contributed by atoms with van der Waals surface area (Å²) < 4.78 is 0. The van der Waals surface area contributed by atoms with Gasteiger partial charge in [0.15, 0.2) is 0 Å². The molecule has 0 aliphatic heterocycles. The lowest BCUT2D eigenvalue weighted by Gasteiger charge is -2.08. The third-order valence-corrected chi connectivity index (χ3v) is 2.91. The molecule has 0 fully saturated rings. The summed E-state index contributed by atoms with van der Waals surface area (Å²) >= 11 is 5.97. The highest BCUT2D eigenvalue weighted by atomic mass is 35.5. The van der Waals surface area contributed by atoms with Gasteiger partial charge >= 0.3 is 0 Å². The fourth-order valence-electron chi connectivity index (χ4n) is 1.62. The van der Waals surface area contributed by atoms with Crippen LogP contribution in [-0.4, -0.2) is 17.9 Å². The Hall–Kier alpha value is -1.94. The van der Waals surface area contributed by atoms with E-state index in [9.17, 15) is 4.79 Å². The van der Waals surface area contributed by atoms with Crippen molar-refractivity contribution in [2.45, 2.75) is 6.54 Å². The maximum Gasteiger partial charge on any atom is 0.252 e. The number of H-pyrrole nitrogens is 1. The van der Waals surface area contributed by atoms with Crippen LogP contribution in [-0.2, 0) is 6.54 Å². The van der Waals surface area contributed by atoms with Crippen LogP contribution in [0.4, 0.5) is 5.69 Å². The lowest BCUT2D eigenvalue weighted by Crippen LogP contribution is -2.18. The van der Waals surface area contributed by atoms with Crippen molar-refractivity contribution >= 4 is 23.2 Å². The molecule has 2 rings (SSSR count). The zero-order valence-corrected chi connectivity index (χ0v) is 10.7. The fraction of sp³-hybridized carbons (Fsp3) is 0.154. The molecule has 0 saturated heterocycles. The molecule has 0 radical (unpaired) electrons. The number of nitrogens with one attached hydrogen (secondary N) is 3. The molecular weight excluding hydrogens is 250 g/mol. The van der Waals surface area contributed by atoms with Gasteiger partial charge in [0.1, 0.15) is 0 Å². The first-order valence-electron chi connectivity index (χ1n) is 5.58. The summed E-state index contributed by atoms with van der Waals surface area (Å²) in [4.78, 5) is 14.7. The molecule has 0 spiro atoms. The molecule has 0 bridgehead atoms. The van der Waals surface area contributed by atoms with Crippen molar-refractivity contribution in [2.75, 3.05) is 12.4 Å². The first kappa shape index (κ1) is 12.5. The number of halogens is 1. The molecule has 1 amide bonds. The molecule has 0 saturated carbocycles. The minimum Gasteiger partial charge on any atom is -0.379 e. The summed E-state index contributed by atoms with van der Waals surface area (Å²) in [6.45, 7) is 0.668. The van der Waals surface area contributed by atoms with Crippen LogP contribution in [0.1, 0.15) is 16.1 Å².